The van der Waals surface area contributed by atoms with Gasteiger partial charge in [-0.25, -0.2) is 15.0 Å². The molecule has 0 aliphatic carbocycles. The monoisotopic (exact) mass is 969 g/mol. The SMILES string of the molecule is c1ccc(-c2nc(-c3ccccc3)nc(-c3ccc(-n4c5ccccc5c5ccccc54)cc3-n3c4ccccc4c4c5c(c6ccccc6n5-c5ccccc5)c5c(c6ccccc6n5-c5ccccc5)c43)n2)cc1. The predicted octanol–water partition coefficient (Wildman–Crippen LogP) is 17.3. The molecule has 0 atom stereocenters. The number of fused-ring (bicyclic) bond motifs is 15. The van der Waals surface area contributed by atoms with Gasteiger partial charge in [0.25, 0.3) is 0 Å². The van der Waals surface area contributed by atoms with Gasteiger partial charge in [-0.3, -0.25) is 0 Å². The Morgan fingerprint density at radius 2 is 0.566 bits per heavy atom. The number of nitrogens with zero attached hydrogens (tertiary/aromatic N) is 7. The standard InChI is InChI=1S/C69H43N7/c1-5-23-44(24-6-1)67-70-68(45-25-7-2-8-26-45)72-69(71-67)54-42-41-48(73-55-36-18-13-31-49(55)50-32-14-19-37-56(50)73)43-60(54)76-59-40-22-17-35-53(59)63-65-61(51-33-15-20-38-57(51)74(65)46-27-9-3-10-28-46)64-62(66(63)76)52-34-16-21-39-58(52)75(64)47-29-11-4-12-30-47/h1-43H. The molecule has 0 spiro atoms. The zero-order chi connectivity index (χ0) is 49.8. The highest BCUT2D eigenvalue weighted by atomic mass is 15.1. The van der Waals surface area contributed by atoms with E-state index in [1.54, 1.807) is 0 Å². The van der Waals surface area contributed by atoms with E-state index in [9.17, 15) is 0 Å². The summed E-state index contributed by atoms with van der Waals surface area (Å²) in [6.07, 6.45) is 0. The number of benzene rings is 11. The van der Waals surface area contributed by atoms with Crippen LogP contribution in [-0.2, 0) is 0 Å². The third-order valence-corrected chi connectivity index (χ3v) is 15.4. The lowest BCUT2D eigenvalue weighted by Crippen LogP contribution is -2.05. The van der Waals surface area contributed by atoms with Gasteiger partial charge in [-0.15, -0.1) is 0 Å². The summed E-state index contributed by atoms with van der Waals surface area (Å²) in [6, 6.07) is 93.3. The zero-order valence-corrected chi connectivity index (χ0v) is 41.0. The largest absolute Gasteiger partial charge is 0.309 e. The molecule has 0 N–H and O–H groups in total. The van der Waals surface area contributed by atoms with Crippen LogP contribution in [0.5, 0.6) is 0 Å². The van der Waals surface area contributed by atoms with E-state index >= 15 is 0 Å². The van der Waals surface area contributed by atoms with Gasteiger partial charge in [-0.05, 0) is 72.8 Å². The molecule has 0 saturated carbocycles. The quantitative estimate of drug-likeness (QED) is 0.160. The first-order valence-corrected chi connectivity index (χ1v) is 25.8. The van der Waals surface area contributed by atoms with E-state index in [0.29, 0.717) is 17.5 Å². The Bertz CT molecular complexity index is 4790. The van der Waals surface area contributed by atoms with Crippen molar-refractivity contribution in [1.29, 1.82) is 0 Å². The molecule has 0 saturated heterocycles. The van der Waals surface area contributed by atoms with Crippen molar-refractivity contribution < 1.29 is 0 Å². The molecule has 354 valence electrons. The fourth-order valence-electron chi connectivity index (χ4n) is 12.3. The lowest BCUT2D eigenvalue weighted by molar-refractivity contribution is 1.06. The summed E-state index contributed by atoms with van der Waals surface area (Å²) in [5, 5.41) is 9.40. The Morgan fingerprint density at radius 3 is 1.00 bits per heavy atom. The summed E-state index contributed by atoms with van der Waals surface area (Å²) >= 11 is 0. The predicted molar refractivity (Wildman–Crippen MR) is 313 cm³/mol. The fraction of sp³-hybridized carbons (Fsp3) is 0. The van der Waals surface area contributed by atoms with Crippen molar-refractivity contribution in [2.24, 2.45) is 0 Å². The average molecular weight is 970 g/mol. The minimum Gasteiger partial charge on any atom is -0.309 e. The van der Waals surface area contributed by atoms with E-state index in [0.717, 1.165) is 105 Å². The van der Waals surface area contributed by atoms with Gasteiger partial charge in [0.1, 0.15) is 0 Å². The molecule has 0 amide bonds. The van der Waals surface area contributed by atoms with E-state index in [2.05, 4.69) is 243 Å². The van der Waals surface area contributed by atoms with Gasteiger partial charge in [0.05, 0.1) is 49.8 Å². The Hall–Kier alpha value is -10.4. The summed E-state index contributed by atoms with van der Waals surface area (Å²) in [4.78, 5) is 16.1. The van der Waals surface area contributed by atoms with Crippen LogP contribution in [0.25, 0.3) is 144 Å². The Morgan fingerprint density at radius 1 is 0.237 bits per heavy atom. The molecule has 0 fully saturated rings. The van der Waals surface area contributed by atoms with Crippen LogP contribution in [0, 0.1) is 0 Å². The number of hydrogen-bond acceptors (Lipinski definition) is 3. The Balaban J connectivity index is 1.15. The maximum absolute atomic E-state index is 5.46. The van der Waals surface area contributed by atoms with Crippen LogP contribution >= 0.6 is 0 Å². The van der Waals surface area contributed by atoms with Gasteiger partial charge in [-0.1, -0.05) is 188 Å². The van der Waals surface area contributed by atoms with Crippen molar-refractivity contribution in [2.75, 3.05) is 0 Å². The van der Waals surface area contributed by atoms with Crippen LogP contribution in [0.2, 0.25) is 0 Å². The first-order valence-electron chi connectivity index (χ1n) is 25.8. The number of hydrogen-bond donors (Lipinski definition) is 0. The third kappa shape index (κ3) is 6.14. The molecule has 11 aromatic carbocycles. The molecule has 0 radical (unpaired) electrons. The van der Waals surface area contributed by atoms with Crippen LogP contribution in [0.1, 0.15) is 0 Å². The van der Waals surface area contributed by atoms with Crippen LogP contribution in [0.15, 0.2) is 261 Å². The van der Waals surface area contributed by atoms with E-state index in [1.807, 2.05) is 36.4 Å². The summed E-state index contributed by atoms with van der Waals surface area (Å²) < 4.78 is 9.93. The maximum Gasteiger partial charge on any atom is 0.166 e. The minimum atomic E-state index is 0.574. The van der Waals surface area contributed by atoms with Crippen molar-refractivity contribution in [3.63, 3.8) is 0 Å². The van der Waals surface area contributed by atoms with Crippen LogP contribution in [-0.4, -0.2) is 33.2 Å². The van der Waals surface area contributed by atoms with E-state index < -0.39 is 0 Å². The molecule has 76 heavy (non-hydrogen) atoms. The highest BCUT2D eigenvalue weighted by Gasteiger charge is 2.30. The smallest absolute Gasteiger partial charge is 0.166 e. The molecule has 7 nitrogen and oxygen atoms in total. The lowest BCUT2D eigenvalue weighted by Gasteiger charge is -2.18. The molecule has 0 aliphatic rings. The molecule has 5 heterocycles. The number of aromatic nitrogens is 7. The second-order valence-corrected chi connectivity index (χ2v) is 19.5. The number of rotatable bonds is 7. The van der Waals surface area contributed by atoms with Crippen LogP contribution < -0.4 is 0 Å². The van der Waals surface area contributed by atoms with Crippen molar-refractivity contribution in [3.05, 3.63) is 261 Å². The molecule has 7 heteroatoms. The molecule has 16 aromatic rings. The lowest BCUT2D eigenvalue weighted by atomic mass is 10.0. The average Bonchev–Trinajstić information content (AvgIpc) is 4.27. The van der Waals surface area contributed by atoms with Gasteiger partial charge in [0.2, 0.25) is 0 Å². The molecule has 5 aromatic heterocycles. The molecular weight excluding hydrogens is 927 g/mol. The first kappa shape index (κ1) is 42.2. The van der Waals surface area contributed by atoms with Crippen molar-refractivity contribution in [1.82, 2.24) is 33.2 Å². The topological polar surface area (TPSA) is 58.4 Å². The van der Waals surface area contributed by atoms with Gasteiger partial charge < -0.3 is 18.3 Å². The normalized spacial score (nSPS) is 11.9. The Labute approximate surface area is 436 Å². The van der Waals surface area contributed by atoms with E-state index in [1.165, 1.54) is 21.5 Å². The number of para-hydroxylation sites is 7. The van der Waals surface area contributed by atoms with Gasteiger partial charge in [0.15, 0.2) is 17.5 Å². The summed E-state index contributed by atoms with van der Waals surface area (Å²) in [5.74, 6) is 1.78. The highest BCUT2D eigenvalue weighted by Crippen LogP contribution is 2.51. The zero-order valence-electron chi connectivity index (χ0n) is 41.0. The van der Waals surface area contributed by atoms with Crippen LogP contribution in [0.3, 0.4) is 0 Å². The summed E-state index contributed by atoms with van der Waals surface area (Å²) in [7, 11) is 0. The third-order valence-electron chi connectivity index (χ3n) is 15.4. The highest BCUT2D eigenvalue weighted by molar-refractivity contribution is 6.40. The van der Waals surface area contributed by atoms with Gasteiger partial charge in [-0.2, -0.15) is 0 Å². The molecule has 0 unspecified atom stereocenters. The second-order valence-electron chi connectivity index (χ2n) is 19.5. The minimum absolute atomic E-state index is 0.574. The molecule has 16 rings (SSSR count). The maximum atomic E-state index is 5.46. The van der Waals surface area contributed by atoms with Gasteiger partial charge >= 0.3 is 0 Å². The van der Waals surface area contributed by atoms with Crippen molar-refractivity contribution in [2.45, 2.75) is 0 Å². The first-order chi connectivity index (χ1) is 37.8. The van der Waals surface area contributed by atoms with Crippen molar-refractivity contribution >= 4 is 87.2 Å². The molecule has 0 bridgehead atoms. The van der Waals surface area contributed by atoms with Crippen LogP contribution in [0.4, 0.5) is 0 Å². The van der Waals surface area contributed by atoms with Gasteiger partial charge in [0, 0.05) is 76.8 Å². The Kier molecular flexibility index (Phi) is 9.20. The molecule has 0 aliphatic heterocycles. The fourth-order valence-corrected chi connectivity index (χ4v) is 12.3. The molecular formula is C69H43N7. The second kappa shape index (κ2) is 16.6. The van der Waals surface area contributed by atoms with E-state index in [4.69, 9.17) is 15.0 Å². The van der Waals surface area contributed by atoms with Crippen molar-refractivity contribution in [3.8, 4) is 56.9 Å². The van der Waals surface area contributed by atoms with E-state index in [-0.39, 0.29) is 0 Å². The summed E-state index contributed by atoms with van der Waals surface area (Å²) in [5.41, 5.74) is 15.8. The summed E-state index contributed by atoms with van der Waals surface area (Å²) in [6.45, 7) is 0.